The summed E-state index contributed by atoms with van der Waals surface area (Å²) >= 11 is 1.38. The van der Waals surface area contributed by atoms with Gasteiger partial charge in [-0.05, 0) is 30.7 Å². The zero-order valence-electron chi connectivity index (χ0n) is 17.6. The molecule has 9 nitrogen and oxygen atoms in total. The van der Waals surface area contributed by atoms with Crippen LogP contribution in [-0.2, 0) is 15.8 Å². The van der Waals surface area contributed by atoms with E-state index >= 15 is 0 Å². The highest BCUT2D eigenvalue weighted by atomic mass is 32.2. The number of rotatable bonds is 9. The van der Waals surface area contributed by atoms with E-state index in [1.54, 1.807) is 26.0 Å². The van der Waals surface area contributed by atoms with Crippen molar-refractivity contribution in [3.05, 3.63) is 54.0 Å². The van der Waals surface area contributed by atoms with Crippen LogP contribution in [0.25, 0.3) is 0 Å². The van der Waals surface area contributed by atoms with Crippen LogP contribution >= 0.6 is 11.8 Å². The molecule has 0 fully saturated rings. The van der Waals surface area contributed by atoms with Gasteiger partial charge in [-0.3, -0.25) is 0 Å². The fourth-order valence-corrected chi connectivity index (χ4v) is 4.95. The van der Waals surface area contributed by atoms with Gasteiger partial charge in [-0.1, -0.05) is 43.8 Å². The molecule has 1 aromatic carbocycles. The first-order valence-corrected chi connectivity index (χ1v) is 12.2. The van der Waals surface area contributed by atoms with Crippen LogP contribution in [0, 0.1) is 6.92 Å². The standard InChI is InChI=1S/C20H25N7O2S2/c1-4-27(5-2)31(28,29)15-10-11-18(22-12-15)30-13-17-24-19(21)26-20(25-17)23-16-9-7-6-8-14(16)3/h6-12H,4-5,13H2,1-3H3,(H3,21,23,24,25,26). The average molecular weight is 460 g/mol. The van der Waals surface area contributed by atoms with E-state index in [1.807, 2.05) is 31.2 Å². The van der Waals surface area contributed by atoms with Crippen molar-refractivity contribution in [1.82, 2.24) is 24.2 Å². The summed E-state index contributed by atoms with van der Waals surface area (Å²) in [6, 6.07) is 11.0. The second-order valence-electron chi connectivity index (χ2n) is 6.58. The maximum absolute atomic E-state index is 12.6. The smallest absolute Gasteiger partial charge is 0.244 e. The first-order chi connectivity index (χ1) is 14.8. The van der Waals surface area contributed by atoms with Crippen LogP contribution in [0.4, 0.5) is 17.6 Å². The maximum atomic E-state index is 12.6. The Balaban J connectivity index is 1.70. The number of anilines is 3. The van der Waals surface area contributed by atoms with Crippen LogP contribution < -0.4 is 11.1 Å². The Morgan fingerprint density at radius 1 is 1.06 bits per heavy atom. The molecule has 0 atom stereocenters. The molecule has 0 unspecified atom stereocenters. The molecule has 0 saturated heterocycles. The first kappa shape index (κ1) is 22.9. The highest BCUT2D eigenvalue weighted by molar-refractivity contribution is 7.98. The van der Waals surface area contributed by atoms with Gasteiger partial charge in [0.1, 0.15) is 10.7 Å². The van der Waals surface area contributed by atoms with Crippen molar-refractivity contribution in [2.75, 3.05) is 24.1 Å². The minimum Gasteiger partial charge on any atom is -0.368 e. The van der Waals surface area contributed by atoms with E-state index in [-0.39, 0.29) is 10.8 Å². The summed E-state index contributed by atoms with van der Waals surface area (Å²) in [7, 11) is -3.53. The summed E-state index contributed by atoms with van der Waals surface area (Å²) in [5.74, 6) is 1.39. The van der Waals surface area contributed by atoms with Gasteiger partial charge < -0.3 is 11.1 Å². The number of para-hydroxylation sites is 1. The Morgan fingerprint density at radius 2 is 1.81 bits per heavy atom. The van der Waals surface area contributed by atoms with E-state index in [2.05, 4.69) is 25.3 Å². The van der Waals surface area contributed by atoms with E-state index in [1.165, 1.54) is 22.3 Å². The van der Waals surface area contributed by atoms with Crippen LogP contribution in [-0.4, -0.2) is 45.7 Å². The first-order valence-electron chi connectivity index (χ1n) is 9.75. The van der Waals surface area contributed by atoms with Crippen molar-refractivity contribution >= 4 is 39.4 Å². The van der Waals surface area contributed by atoms with Crippen LogP contribution in [0.3, 0.4) is 0 Å². The predicted molar refractivity (Wildman–Crippen MR) is 123 cm³/mol. The number of hydrogen-bond acceptors (Lipinski definition) is 9. The molecule has 164 valence electrons. The molecule has 2 heterocycles. The highest BCUT2D eigenvalue weighted by Gasteiger charge is 2.21. The summed E-state index contributed by atoms with van der Waals surface area (Å²) in [5.41, 5.74) is 7.79. The number of benzene rings is 1. The third-order valence-electron chi connectivity index (χ3n) is 4.49. The van der Waals surface area contributed by atoms with Gasteiger partial charge in [0.05, 0.1) is 10.8 Å². The van der Waals surface area contributed by atoms with Crippen molar-refractivity contribution in [2.45, 2.75) is 36.4 Å². The summed E-state index contributed by atoms with van der Waals surface area (Å²) < 4.78 is 26.5. The average Bonchev–Trinajstić information content (AvgIpc) is 2.74. The van der Waals surface area contributed by atoms with Crippen molar-refractivity contribution in [2.24, 2.45) is 0 Å². The van der Waals surface area contributed by atoms with Gasteiger partial charge in [-0.25, -0.2) is 13.4 Å². The number of nitrogens with one attached hydrogen (secondary N) is 1. The van der Waals surface area contributed by atoms with Crippen LogP contribution in [0.15, 0.2) is 52.5 Å². The number of hydrogen-bond donors (Lipinski definition) is 2. The number of nitrogens with two attached hydrogens (primary N) is 1. The molecule has 0 aliphatic heterocycles. The van der Waals surface area contributed by atoms with Gasteiger partial charge >= 0.3 is 0 Å². The molecule has 0 aliphatic rings. The molecular formula is C20H25N7O2S2. The second-order valence-corrected chi connectivity index (χ2v) is 9.52. The van der Waals surface area contributed by atoms with E-state index in [0.29, 0.717) is 35.6 Å². The van der Waals surface area contributed by atoms with E-state index < -0.39 is 10.0 Å². The predicted octanol–water partition coefficient (Wildman–Crippen LogP) is 3.22. The number of pyridine rings is 1. The molecule has 3 rings (SSSR count). The number of nitrogens with zero attached hydrogens (tertiary/aromatic N) is 5. The third-order valence-corrected chi connectivity index (χ3v) is 7.47. The lowest BCUT2D eigenvalue weighted by Crippen LogP contribution is -2.30. The SMILES string of the molecule is CCN(CC)S(=O)(=O)c1ccc(SCc2nc(N)nc(Nc3ccccc3C)n2)nc1. The van der Waals surface area contributed by atoms with Crippen LogP contribution in [0.2, 0.25) is 0 Å². The van der Waals surface area contributed by atoms with Gasteiger partial charge in [0.25, 0.3) is 0 Å². The Hall–Kier alpha value is -2.76. The van der Waals surface area contributed by atoms with E-state index in [9.17, 15) is 8.42 Å². The molecule has 31 heavy (non-hydrogen) atoms. The summed E-state index contributed by atoms with van der Waals surface area (Å²) in [6.45, 7) is 6.42. The second kappa shape index (κ2) is 10.0. The zero-order valence-corrected chi connectivity index (χ0v) is 19.2. The van der Waals surface area contributed by atoms with Gasteiger partial charge in [-0.15, -0.1) is 0 Å². The largest absolute Gasteiger partial charge is 0.368 e. The molecule has 0 saturated carbocycles. The Bertz CT molecular complexity index is 1130. The molecule has 3 N–H and O–H groups in total. The zero-order chi connectivity index (χ0) is 22.4. The molecule has 2 aromatic heterocycles. The Labute approximate surface area is 186 Å². The normalized spacial score (nSPS) is 11.6. The minimum absolute atomic E-state index is 0.121. The number of aromatic nitrogens is 4. The lowest BCUT2D eigenvalue weighted by Gasteiger charge is -2.18. The van der Waals surface area contributed by atoms with Gasteiger partial charge in [0, 0.05) is 25.0 Å². The van der Waals surface area contributed by atoms with Crippen LogP contribution in [0.5, 0.6) is 0 Å². The quantitative estimate of drug-likeness (QED) is 0.464. The number of aryl methyl sites for hydroxylation is 1. The number of thioether (sulfide) groups is 1. The molecule has 0 radical (unpaired) electrons. The fourth-order valence-electron chi connectivity index (χ4n) is 2.85. The molecule has 3 aromatic rings. The van der Waals surface area contributed by atoms with Crippen molar-refractivity contribution in [3.8, 4) is 0 Å². The van der Waals surface area contributed by atoms with Crippen molar-refractivity contribution in [1.29, 1.82) is 0 Å². The maximum Gasteiger partial charge on any atom is 0.244 e. The molecule has 0 amide bonds. The highest BCUT2D eigenvalue weighted by Crippen LogP contribution is 2.23. The van der Waals surface area contributed by atoms with Crippen molar-refractivity contribution in [3.63, 3.8) is 0 Å². The Morgan fingerprint density at radius 3 is 2.45 bits per heavy atom. The third kappa shape index (κ3) is 5.69. The van der Waals surface area contributed by atoms with Gasteiger partial charge in [0.15, 0.2) is 0 Å². The summed E-state index contributed by atoms with van der Waals surface area (Å²) in [4.78, 5) is 17.2. The molecule has 0 bridgehead atoms. The molecule has 11 heteroatoms. The van der Waals surface area contributed by atoms with E-state index in [4.69, 9.17) is 5.73 Å². The lowest BCUT2D eigenvalue weighted by molar-refractivity contribution is 0.445. The molecular weight excluding hydrogens is 434 g/mol. The molecule has 0 aliphatic carbocycles. The lowest BCUT2D eigenvalue weighted by atomic mass is 10.2. The number of sulfonamides is 1. The number of nitrogen functional groups attached to an aromatic ring is 1. The van der Waals surface area contributed by atoms with E-state index in [0.717, 1.165) is 11.3 Å². The molecule has 0 spiro atoms. The summed E-state index contributed by atoms with van der Waals surface area (Å²) in [5, 5.41) is 3.82. The summed E-state index contributed by atoms with van der Waals surface area (Å²) in [6.07, 6.45) is 1.38. The topological polar surface area (TPSA) is 127 Å². The van der Waals surface area contributed by atoms with Crippen molar-refractivity contribution < 1.29 is 8.42 Å². The fraction of sp³-hybridized carbons (Fsp3) is 0.300. The van der Waals surface area contributed by atoms with Gasteiger partial charge in [0.2, 0.25) is 21.9 Å². The minimum atomic E-state index is -3.53. The van der Waals surface area contributed by atoms with Gasteiger partial charge in [-0.2, -0.15) is 19.3 Å². The Kier molecular flexibility index (Phi) is 7.42. The monoisotopic (exact) mass is 459 g/mol. The van der Waals surface area contributed by atoms with Crippen LogP contribution in [0.1, 0.15) is 25.2 Å².